The molecular weight excluding hydrogens is 334 g/mol. The Morgan fingerprint density at radius 1 is 1.31 bits per heavy atom. The highest BCUT2D eigenvalue weighted by molar-refractivity contribution is 5.76. The van der Waals surface area contributed by atoms with Crippen molar-refractivity contribution in [3.8, 4) is 0 Å². The number of likely N-dealkylation sites (tertiary alicyclic amines) is 1. The number of rotatable bonds is 5. The van der Waals surface area contributed by atoms with Crippen LogP contribution >= 0.6 is 0 Å². The van der Waals surface area contributed by atoms with Crippen LogP contribution in [0.3, 0.4) is 0 Å². The Balaban J connectivity index is 1.63. The number of hydrogen-bond acceptors (Lipinski definition) is 5. The first-order valence-corrected chi connectivity index (χ1v) is 8.65. The van der Waals surface area contributed by atoms with Crippen molar-refractivity contribution in [1.29, 1.82) is 0 Å². The van der Waals surface area contributed by atoms with Gasteiger partial charge in [0, 0.05) is 31.5 Å². The van der Waals surface area contributed by atoms with Crippen molar-refractivity contribution in [2.45, 2.75) is 38.8 Å². The maximum Gasteiger partial charge on any atom is 0.312 e. The fourth-order valence-electron chi connectivity index (χ4n) is 3.61. The minimum atomic E-state index is -0.431. The summed E-state index contributed by atoms with van der Waals surface area (Å²) in [4.78, 5) is 25.0. The summed E-state index contributed by atoms with van der Waals surface area (Å²) in [5.41, 5.74) is 8.24. The van der Waals surface area contributed by atoms with Gasteiger partial charge in [-0.3, -0.25) is 19.6 Å². The zero-order chi connectivity index (χ0) is 18.8. The lowest BCUT2D eigenvalue weighted by molar-refractivity contribution is -0.386. The largest absolute Gasteiger partial charge is 0.340 e. The van der Waals surface area contributed by atoms with E-state index >= 15 is 0 Å². The van der Waals surface area contributed by atoms with Gasteiger partial charge in [-0.25, -0.2) is 0 Å². The quantitative estimate of drug-likeness (QED) is 0.648. The number of benzene rings is 1. The highest BCUT2D eigenvalue weighted by Crippen LogP contribution is 2.27. The van der Waals surface area contributed by atoms with Gasteiger partial charge in [0.1, 0.15) is 11.4 Å². The van der Waals surface area contributed by atoms with E-state index in [1.807, 2.05) is 30.3 Å². The Morgan fingerprint density at radius 3 is 2.62 bits per heavy atom. The van der Waals surface area contributed by atoms with E-state index in [2.05, 4.69) is 5.10 Å². The molecule has 26 heavy (non-hydrogen) atoms. The highest BCUT2D eigenvalue weighted by atomic mass is 16.6. The lowest BCUT2D eigenvalue weighted by Gasteiger charge is -2.16. The van der Waals surface area contributed by atoms with Gasteiger partial charge < -0.3 is 10.6 Å². The molecule has 0 spiro atoms. The van der Waals surface area contributed by atoms with Crippen LogP contribution in [0.15, 0.2) is 30.3 Å². The van der Waals surface area contributed by atoms with Crippen LogP contribution in [0.2, 0.25) is 0 Å². The molecule has 1 aliphatic rings. The third-order valence-electron chi connectivity index (χ3n) is 5.01. The van der Waals surface area contributed by atoms with Gasteiger partial charge in [0.25, 0.3) is 0 Å². The summed E-state index contributed by atoms with van der Waals surface area (Å²) in [6.07, 6.45) is 0.243. The average Bonchev–Trinajstić information content (AvgIpc) is 3.13. The second-order valence-electron chi connectivity index (χ2n) is 6.73. The van der Waals surface area contributed by atoms with Crippen LogP contribution < -0.4 is 5.73 Å². The maximum absolute atomic E-state index is 12.6. The second-order valence-corrected chi connectivity index (χ2v) is 6.73. The molecule has 1 saturated heterocycles. The number of nitrogens with zero attached hydrogens (tertiary/aromatic N) is 4. The summed E-state index contributed by atoms with van der Waals surface area (Å²) in [7, 11) is 0. The Hall–Kier alpha value is -2.74. The van der Waals surface area contributed by atoms with E-state index in [4.69, 9.17) is 5.73 Å². The Kier molecular flexibility index (Phi) is 5.03. The van der Waals surface area contributed by atoms with Crippen molar-refractivity contribution in [3.05, 3.63) is 57.4 Å². The van der Waals surface area contributed by atoms with Crippen LogP contribution in [0, 0.1) is 24.0 Å². The third kappa shape index (κ3) is 3.45. The monoisotopic (exact) mass is 357 g/mol. The number of aromatic nitrogens is 2. The molecule has 2 heterocycles. The summed E-state index contributed by atoms with van der Waals surface area (Å²) in [5, 5.41) is 15.3. The predicted octanol–water partition coefficient (Wildman–Crippen LogP) is 1.75. The normalized spacial score (nSPS) is 19.7. The van der Waals surface area contributed by atoms with Crippen LogP contribution in [0.25, 0.3) is 0 Å². The zero-order valence-corrected chi connectivity index (χ0v) is 15.0. The van der Waals surface area contributed by atoms with Gasteiger partial charge in [0.05, 0.1) is 11.5 Å². The molecule has 0 aliphatic carbocycles. The topological polar surface area (TPSA) is 107 Å². The Labute approximate surface area is 151 Å². The summed E-state index contributed by atoms with van der Waals surface area (Å²) < 4.78 is 1.54. The predicted molar refractivity (Wildman–Crippen MR) is 96.7 cm³/mol. The molecule has 138 valence electrons. The van der Waals surface area contributed by atoms with Crippen molar-refractivity contribution >= 4 is 11.6 Å². The lowest BCUT2D eigenvalue weighted by Crippen LogP contribution is -2.32. The summed E-state index contributed by atoms with van der Waals surface area (Å²) in [5.74, 6) is 0.129. The van der Waals surface area contributed by atoms with E-state index in [1.165, 1.54) is 4.68 Å². The van der Waals surface area contributed by atoms with Gasteiger partial charge >= 0.3 is 5.69 Å². The number of nitro groups is 1. The molecule has 1 aromatic heterocycles. The molecule has 8 nitrogen and oxygen atoms in total. The number of carbonyl (C=O) groups is 1. The molecule has 1 aliphatic heterocycles. The molecule has 0 bridgehead atoms. The SMILES string of the molecule is Cc1nn(CCC(=O)N2C[C@@H](N)[C@H](c3ccccc3)C2)c(C)c1[N+](=O)[O-]. The number of amides is 1. The fourth-order valence-corrected chi connectivity index (χ4v) is 3.61. The van der Waals surface area contributed by atoms with E-state index in [9.17, 15) is 14.9 Å². The molecular formula is C18H23N5O3. The van der Waals surface area contributed by atoms with Gasteiger partial charge in [-0.05, 0) is 19.4 Å². The fraction of sp³-hybridized carbons (Fsp3) is 0.444. The molecule has 2 aromatic rings. The average molecular weight is 357 g/mol. The second kappa shape index (κ2) is 7.25. The van der Waals surface area contributed by atoms with E-state index in [0.717, 1.165) is 5.56 Å². The first-order chi connectivity index (χ1) is 12.4. The van der Waals surface area contributed by atoms with E-state index in [1.54, 1.807) is 18.7 Å². The van der Waals surface area contributed by atoms with Crippen LogP contribution in [0.5, 0.6) is 0 Å². The van der Waals surface area contributed by atoms with Crippen molar-refractivity contribution in [1.82, 2.24) is 14.7 Å². The standard InChI is InChI=1S/C18H23N5O3/c1-12-18(23(25)26)13(2)22(20-12)9-8-17(24)21-10-15(16(19)11-21)14-6-4-3-5-7-14/h3-7,15-16H,8-11,19H2,1-2H3/t15-,16+/m0/s1. The lowest BCUT2D eigenvalue weighted by atomic mass is 9.95. The van der Waals surface area contributed by atoms with E-state index < -0.39 is 4.92 Å². The molecule has 3 rings (SSSR count). The Bertz CT molecular complexity index is 818. The van der Waals surface area contributed by atoms with Crippen LogP contribution in [0.4, 0.5) is 5.69 Å². The van der Waals surface area contributed by atoms with Crippen LogP contribution in [0.1, 0.15) is 29.3 Å². The van der Waals surface area contributed by atoms with Gasteiger partial charge in [-0.1, -0.05) is 30.3 Å². The molecule has 0 radical (unpaired) electrons. The van der Waals surface area contributed by atoms with Gasteiger partial charge in [0.15, 0.2) is 0 Å². The van der Waals surface area contributed by atoms with Crippen LogP contribution in [-0.4, -0.2) is 44.6 Å². The Morgan fingerprint density at radius 2 is 2.00 bits per heavy atom. The first-order valence-electron chi connectivity index (χ1n) is 8.65. The third-order valence-corrected chi connectivity index (χ3v) is 5.01. The molecule has 1 amide bonds. The summed E-state index contributed by atoms with van der Waals surface area (Å²) in [6, 6.07) is 9.89. The molecule has 1 fully saturated rings. The molecule has 2 atom stereocenters. The summed E-state index contributed by atoms with van der Waals surface area (Å²) in [6.45, 7) is 4.70. The molecule has 1 aromatic carbocycles. The summed E-state index contributed by atoms with van der Waals surface area (Å²) >= 11 is 0. The zero-order valence-electron chi connectivity index (χ0n) is 15.0. The molecule has 2 N–H and O–H groups in total. The molecule has 8 heteroatoms. The first kappa shape index (κ1) is 18.1. The van der Waals surface area contributed by atoms with Crippen molar-refractivity contribution in [2.75, 3.05) is 13.1 Å². The number of nitrogens with two attached hydrogens (primary N) is 1. The van der Waals surface area contributed by atoms with E-state index in [-0.39, 0.29) is 30.0 Å². The minimum Gasteiger partial charge on any atom is -0.340 e. The molecule has 0 saturated carbocycles. The minimum absolute atomic E-state index is 0.00547. The van der Waals surface area contributed by atoms with E-state index in [0.29, 0.717) is 31.0 Å². The van der Waals surface area contributed by atoms with Crippen LogP contribution in [-0.2, 0) is 11.3 Å². The smallest absolute Gasteiger partial charge is 0.312 e. The van der Waals surface area contributed by atoms with Gasteiger partial charge in [-0.15, -0.1) is 0 Å². The van der Waals surface area contributed by atoms with Gasteiger partial charge in [-0.2, -0.15) is 5.10 Å². The maximum atomic E-state index is 12.6. The van der Waals surface area contributed by atoms with Crippen molar-refractivity contribution < 1.29 is 9.72 Å². The number of hydrogen-bond donors (Lipinski definition) is 1. The highest BCUT2D eigenvalue weighted by Gasteiger charge is 2.33. The molecule has 0 unspecified atom stereocenters. The number of carbonyl (C=O) groups excluding carboxylic acids is 1. The van der Waals surface area contributed by atoms with Gasteiger partial charge in [0.2, 0.25) is 5.91 Å². The number of aryl methyl sites for hydroxylation is 2. The van der Waals surface area contributed by atoms with Crippen molar-refractivity contribution in [3.63, 3.8) is 0 Å². The van der Waals surface area contributed by atoms with Crippen molar-refractivity contribution in [2.24, 2.45) is 5.73 Å².